The van der Waals surface area contributed by atoms with Gasteiger partial charge in [0.2, 0.25) is 0 Å². The SMILES string of the molecule is CCCCOC1(c2ccccc2C)CN(C(=O)C(Cc2ccc(OC)cc2O)OC(N)=O)C1. The van der Waals surface area contributed by atoms with Gasteiger partial charge in [-0.2, -0.15) is 0 Å². The maximum Gasteiger partial charge on any atom is 0.405 e. The van der Waals surface area contributed by atoms with Crippen LogP contribution in [0.3, 0.4) is 0 Å². The van der Waals surface area contributed by atoms with Gasteiger partial charge in [0.1, 0.15) is 17.1 Å². The van der Waals surface area contributed by atoms with Gasteiger partial charge < -0.3 is 30.0 Å². The summed E-state index contributed by atoms with van der Waals surface area (Å²) in [4.78, 5) is 26.4. The Labute approximate surface area is 194 Å². The number of methoxy groups -OCH3 is 1. The molecule has 1 atom stereocenters. The lowest BCUT2D eigenvalue weighted by Gasteiger charge is -2.51. The summed E-state index contributed by atoms with van der Waals surface area (Å²) < 4.78 is 16.5. The number of hydrogen-bond acceptors (Lipinski definition) is 6. The third kappa shape index (κ3) is 5.57. The molecule has 1 unspecified atom stereocenters. The second-order valence-electron chi connectivity index (χ2n) is 8.33. The molecule has 178 valence electrons. The second kappa shape index (κ2) is 10.6. The summed E-state index contributed by atoms with van der Waals surface area (Å²) in [5.74, 6) is 0.0400. The van der Waals surface area contributed by atoms with Gasteiger partial charge in [-0.05, 0) is 36.1 Å². The van der Waals surface area contributed by atoms with Crippen molar-refractivity contribution in [1.29, 1.82) is 0 Å². The van der Waals surface area contributed by atoms with Crippen molar-refractivity contribution < 1.29 is 28.9 Å². The molecule has 1 saturated heterocycles. The summed E-state index contributed by atoms with van der Waals surface area (Å²) in [6.45, 7) is 5.39. The van der Waals surface area contributed by atoms with Crippen LogP contribution in [0.2, 0.25) is 0 Å². The van der Waals surface area contributed by atoms with Crippen LogP contribution in [0.1, 0.15) is 36.5 Å². The minimum atomic E-state index is -1.16. The molecule has 1 heterocycles. The fraction of sp³-hybridized carbons (Fsp3) is 0.440. The number of aryl methyl sites for hydroxylation is 1. The number of hydrogen-bond donors (Lipinski definition) is 2. The number of phenolic OH excluding ortho intramolecular Hbond substituents is 1. The van der Waals surface area contributed by atoms with Crippen molar-refractivity contribution in [2.24, 2.45) is 5.73 Å². The number of phenols is 1. The standard InChI is InChI=1S/C25H32N2O6/c1-4-5-12-32-25(20-9-7-6-8-17(20)2)15-27(16-25)23(29)22(33-24(26)30)13-18-10-11-19(31-3)14-21(18)28/h6-11,14,22,28H,4-5,12-13,15-16H2,1-3H3,(H2,26,30). The number of amides is 2. The van der Waals surface area contributed by atoms with Gasteiger partial charge in [0, 0.05) is 19.1 Å². The maximum atomic E-state index is 13.3. The number of primary amides is 1. The van der Waals surface area contributed by atoms with Gasteiger partial charge in [0.25, 0.3) is 5.91 Å². The summed E-state index contributed by atoms with van der Waals surface area (Å²) in [5.41, 5.74) is 7.22. The highest BCUT2D eigenvalue weighted by Crippen LogP contribution is 2.38. The van der Waals surface area contributed by atoms with E-state index in [2.05, 4.69) is 6.92 Å². The monoisotopic (exact) mass is 456 g/mol. The molecule has 2 aromatic carbocycles. The molecule has 3 N–H and O–H groups in total. The Morgan fingerprint density at radius 3 is 2.55 bits per heavy atom. The minimum Gasteiger partial charge on any atom is -0.508 e. The molecule has 0 bridgehead atoms. The van der Waals surface area contributed by atoms with Crippen molar-refractivity contribution in [2.45, 2.75) is 44.8 Å². The van der Waals surface area contributed by atoms with Crippen molar-refractivity contribution in [3.63, 3.8) is 0 Å². The van der Waals surface area contributed by atoms with Crippen LogP contribution in [0, 0.1) is 6.92 Å². The number of likely N-dealkylation sites (tertiary alicyclic amines) is 1. The largest absolute Gasteiger partial charge is 0.508 e. The van der Waals surface area contributed by atoms with Crippen molar-refractivity contribution in [1.82, 2.24) is 4.90 Å². The normalized spacial score (nSPS) is 15.4. The lowest BCUT2D eigenvalue weighted by atomic mass is 9.82. The molecule has 0 radical (unpaired) electrons. The average Bonchev–Trinajstić information content (AvgIpc) is 2.76. The zero-order chi connectivity index (χ0) is 24.0. The Kier molecular flexibility index (Phi) is 7.81. The molecule has 2 amide bonds. The molecule has 1 aliphatic heterocycles. The molecule has 33 heavy (non-hydrogen) atoms. The Hall–Kier alpha value is -3.26. The Morgan fingerprint density at radius 1 is 1.21 bits per heavy atom. The number of carbonyl (C=O) groups excluding carboxylic acids is 2. The van der Waals surface area contributed by atoms with Gasteiger partial charge in [-0.15, -0.1) is 0 Å². The topological polar surface area (TPSA) is 111 Å². The molecule has 1 fully saturated rings. The minimum absolute atomic E-state index is 0.0117. The molecule has 0 spiro atoms. The Bertz CT molecular complexity index is 987. The van der Waals surface area contributed by atoms with E-state index in [0.29, 0.717) is 31.0 Å². The van der Waals surface area contributed by atoms with E-state index in [4.69, 9.17) is 19.9 Å². The molecule has 3 rings (SSSR count). The number of ether oxygens (including phenoxy) is 3. The Balaban J connectivity index is 1.78. The molecule has 2 aromatic rings. The molecule has 8 heteroatoms. The van der Waals surface area contributed by atoms with E-state index < -0.39 is 17.8 Å². The zero-order valence-electron chi connectivity index (χ0n) is 19.4. The molecule has 1 aliphatic rings. The summed E-state index contributed by atoms with van der Waals surface area (Å²) >= 11 is 0. The number of nitrogens with zero attached hydrogens (tertiary/aromatic N) is 1. The van der Waals surface area contributed by atoms with E-state index in [0.717, 1.165) is 24.0 Å². The average molecular weight is 457 g/mol. The fourth-order valence-electron chi connectivity index (χ4n) is 4.13. The highest BCUT2D eigenvalue weighted by atomic mass is 16.6. The van der Waals surface area contributed by atoms with Crippen LogP contribution in [-0.4, -0.2) is 54.9 Å². The molecular weight excluding hydrogens is 424 g/mol. The van der Waals surface area contributed by atoms with E-state index >= 15 is 0 Å². The predicted molar refractivity (Wildman–Crippen MR) is 123 cm³/mol. The van der Waals surface area contributed by atoms with Crippen LogP contribution >= 0.6 is 0 Å². The van der Waals surface area contributed by atoms with Gasteiger partial charge in [-0.25, -0.2) is 4.79 Å². The lowest BCUT2D eigenvalue weighted by Crippen LogP contribution is -2.65. The lowest BCUT2D eigenvalue weighted by molar-refractivity contribution is -0.179. The number of rotatable bonds is 10. The quantitative estimate of drug-likeness (QED) is 0.531. The molecule has 0 aliphatic carbocycles. The number of unbranched alkanes of at least 4 members (excludes halogenated alkanes) is 1. The summed E-state index contributed by atoms with van der Waals surface area (Å²) in [6.07, 6.45) is -0.293. The van der Waals surface area contributed by atoms with Crippen LogP contribution in [-0.2, 0) is 26.3 Å². The molecule has 8 nitrogen and oxygen atoms in total. The smallest absolute Gasteiger partial charge is 0.405 e. The van der Waals surface area contributed by atoms with Crippen molar-refractivity contribution in [2.75, 3.05) is 26.8 Å². The van der Waals surface area contributed by atoms with E-state index in [9.17, 15) is 14.7 Å². The number of nitrogens with two attached hydrogens (primary N) is 1. The van der Waals surface area contributed by atoms with Gasteiger partial charge >= 0.3 is 6.09 Å². The van der Waals surface area contributed by atoms with Crippen LogP contribution < -0.4 is 10.5 Å². The first-order valence-corrected chi connectivity index (χ1v) is 11.1. The van der Waals surface area contributed by atoms with E-state index in [1.165, 1.54) is 13.2 Å². The van der Waals surface area contributed by atoms with E-state index in [1.807, 2.05) is 31.2 Å². The molecule has 0 aromatic heterocycles. The predicted octanol–water partition coefficient (Wildman–Crippen LogP) is 3.27. The molecular formula is C25H32N2O6. The van der Waals surface area contributed by atoms with E-state index in [-0.39, 0.29) is 18.1 Å². The third-order valence-corrected chi connectivity index (χ3v) is 5.95. The first-order valence-electron chi connectivity index (χ1n) is 11.1. The van der Waals surface area contributed by atoms with Gasteiger partial charge in [0.05, 0.1) is 20.2 Å². The van der Waals surface area contributed by atoms with Crippen LogP contribution in [0.4, 0.5) is 4.79 Å². The fourth-order valence-corrected chi connectivity index (χ4v) is 4.13. The highest BCUT2D eigenvalue weighted by Gasteiger charge is 2.50. The van der Waals surface area contributed by atoms with Crippen molar-refractivity contribution in [3.05, 3.63) is 59.2 Å². The maximum absolute atomic E-state index is 13.3. The first kappa shape index (κ1) is 24.4. The van der Waals surface area contributed by atoms with Crippen molar-refractivity contribution >= 4 is 12.0 Å². The second-order valence-corrected chi connectivity index (χ2v) is 8.33. The zero-order valence-corrected chi connectivity index (χ0v) is 19.4. The van der Waals surface area contributed by atoms with Crippen LogP contribution in [0.5, 0.6) is 11.5 Å². The van der Waals surface area contributed by atoms with Gasteiger partial charge in [-0.1, -0.05) is 43.7 Å². The van der Waals surface area contributed by atoms with E-state index in [1.54, 1.807) is 17.0 Å². The number of carbonyl (C=O) groups is 2. The number of benzene rings is 2. The summed E-state index contributed by atoms with van der Waals surface area (Å²) in [7, 11) is 1.49. The first-order chi connectivity index (χ1) is 15.8. The van der Waals surface area contributed by atoms with Crippen LogP contribution in [0.25, 0.3) is 0 Å². The summed E-state index contributed by atoms with van der Waals surface area (Å²) in [5, 5.41) is 10.3. The van der Waals surface area contributed by atoms with Crippen molar-refractivity contribution in [3.8, 4) is 11.5 Å². The third-order valence-electron chi connectivity index (χ3n) is 5.95. The molecule has 0 saturated carbocycles. The van der Waals surface area contributed by atoms with Crippen LogP contribution in [0.15, 0.2) is 42.5 Å². The highest BCUT2D eigenvalue weighted by molar-refractivity contribution is 5.84. The van der Waals surface area contributed by atoms with Gasteiger partial charge in [-0.3, -0.25) is 4.79 Å². The Morgan fingerprint density at radius 2 is 1.94 bits per heavy atom. The number of aromatic hydroxyl groups is 1. The van der Waals surface area contributed by atoms with Gasteiger partial charge in [0.15, 0.2) is 6.10 Å². The summed E-state index contributed by atoms with van der Waals surface area (Å²) in [6, 6.07) is 12.7.